The lowest BCUT2D eigenvalue weighted by atomic mass is 10.0. The van der Waals surface area contributed by atoms with Crippen LogP contribution in [0.1, 0.15) is 238 Å². The molecule has 49 heavy (non-hydrogen) atoms. The summed E-state index contributed by atoms with van der Waals surface area (Å²) in [6.45, 7) is 50.1. The lowest BCUT2D eigenvalue weighted by Crippen LogP contribution is -2.02. The predicted molar refractivity (Wildman–Crippen MR) is 236 cm³/mol. The standard InChI is InChI=1S/C5H10.3C5H12.C4H10S.2C4H10.C3H5F3.C3H8O.C3H8.C2H6.CH4/c1-2-5-3-4-5;1-5(2,3)4;2*1-4-5(2)3;1-3-4-5-2;1-4(2)3;1-3-4-2;1-2-3(4,5)6;1-3(2)4;1-3-2;1-2;/h5H,2-4H2,1H3;1-4H3;2*5H,4H2,1-3H3;3-4H2,1-2H3;4H,1-3H3;3-4H2,1-2H3;2H2,1H3;3-4H,1-2H3;3H2,1-2H3;1-2H3;1H4. The van der Waals surface area contributed by atoms with Crippen molar-refractivity contribution in [2.75, 3.05) is 12.0 Å². The van der Waals surface area contributed by atoms with E-state index in [1.165, 1.54) is 63.5 Å². The second-order valence-electron chi connectivity index (χ2n) is 15.0. The molecule has 0 bridgehead atoms. The van der Waals surface area contributed by atoms with Gasteiger partial charge in [0.25, 0.3) is 0 Å². The number of thioether (sulfide) groups is 1. The summed E-state index contributed by atoms with van der Waals surface area (Å²) < 4.78 is 32.4. The first-order valence-corrected chi connectivity index (χ1v) is 21.4. The summed E-state index contributed by atoms with van der Waals surface area (Å²) in [6, 6.07) is 0. The molecule has 0 atom stereocenters. The van der Waals surface area contributed by atoms with Crippen molar-refractivity contribution in [3.63, 3.8) is 0 Å². The van der Waals surface area contributed by atoms with Gasteiger partial charge < -0.3 is 5.11 Å². The van der Waals surface area contributed by atoms with Crippen molar-refractivity contribution in [2.45, 2.75) is 250 Å². The van der Waals surface area contributed by atoms with Gasteiger partial charge in [0.15, 0.2) is 0 Å². The van der Waals surface area contributed by atoms with Gasteiger partial charge in [-0.15, -0.1) is 0 Å². The molecule has 0 spiro atoms. The fourth-order valence-electron chi connectivity index (χ4n) is 0.730. The van der Waals surface area contributed by atoms with E-state index in [9.17, 15) is 13.2 Å². The minimum atomic E-state index is -3.96. The van der Waals surface area contributed by atoms with Gasteiger partial charge in [0, 0.05) is 12.5 Å². The third kappa shape index (κ3) is 448. The van der Waals surface area contributed by atoms with Crippen LogP contribution in [0, 0.1) is 29.1 Å². The van der Waals surface area contributed by atoms with Gasteiger partial charge >= 0.3 is 6.18 Å². The summed E-state index contributed by atoms with van der Waals surface area (Å²) in [5.74, 6) is 5.04. The van der Waals surface area contributed by atoms with Crippen LogP contribution < -0.4 is 0 Å². The van der Waals surface area contributed by atoms with Gasteiger partial charge in [0.05, 0.1) is 0 Å². The Hall–Kier alpha value is 0.100. The van der Waals surface area contributed by atoms with Crippen LogP contribution in [0.4, 0.5) is 13.2 Å². The van der Waals surface area contributed by atoms with Crippen LogP contribution in [-0.4, -0.2) is 29.4 Å². The van der Waals surface area contributed by atoms with Crippen LogP contribution in [-0.2, 0) is 0 Å². The summed E-state index contributed by atoms with van der Waals surface area (Å²) in [7, 11) is 0. The van der Waals surface area contributed by atoms with E-state index in [-0.39, 0.29) is 13.5 Å². The molecule has 0 aromatic heterocycles. The molecule has 1 nitrogen and oxygen atoms in total. The Balaban J connectivity index is -0.0000000362. The highest BCUT2D eigenvalue weighted by Crippen LogP contribution is 2.31. The lowest BCUT2D eigenvalue weighted by molar-refractivity contribution is -0.130. The van der Waals surface area contributed by atoms with Crippen molar-refractivity contribution in [1.29, 1.82) is 0 Å². The van der Waals surface area contributed by atoms with Gasteiger partial charge in [-0.1, -0.05) is 211 Å². The number of alkyl halides is 3. The van der Waals surface area contributed by atoms with E-state index in [0.29, 0.717) is 5.41 Å². The zero-order chi connectivity index (χ0) is 41.4. The van der Waals surface area contributed by atoms with E-state index in [1.54, 1.807) is 13.8 Å². The summed E-state index contributed by atoms with van der Waals surface area (Å²) >= 11 is 1.90. The number of rotatable bonds is 6. The van der Waals surface area contributed by atoms with Gasteiger partial charge in [0.2, 0.25) is 0 Å². The summed E-state index contributed by atoms with van der Waals surface area (Å²) in [6.07, 6.45) is 9.52. The van der Waals surface area contributed by atoms with Gasteiger partial charge in [-0.05, 0) is 61.4 Å². The lowest BCUT2D eigenvalue weighted by Gasteiger charge is -2.05. The van der Waals surface area contributed by atoms with Crippen LogP contribution in [0.3, 0.4) is 0 Å². The Kier molecular flexibility index (Phi) is 111. The molecule has 1 aliphatic rings. The molecule has 1 saturated carbocycles. The van der Waals surface area contributed by atoms with Crippen molar-refractivity contribution in [3.05, 3.63) is 0 Å². The zero-order valence-electron chi connectivity index (χ0n) is 38.7. The quantitative estimate of drug-likeness (QED) is 0.293. The van der Waals surface area contributed by atoms with Crippen LogP contribution in [0.2, 0.25) is 0 Å². The Morgan fingerprint density at radius 1 is 0.633 bits per heavy atom. The van der Waals surface area contributed by atoms with Crippen molar-refractivity contribution < 1.29 is 18.3 Å². The van der Waals surface area contributed by atoms with Gasteiger partial charge in [0.1, 0.15) is 0 Å². The first-order chi connectivity index (χ1) is 21.7. The fourth-order valence-corrected chi connectivity index (χ4v) is 1.14. The van der Waals surface area contributed by atoms with Crippen LogP contribution >= 0.6 is 11.8 Å². The van der Waals surface area contributed by atoms with Gasteiger partial charge in [-0.2, -0.15) is 24.9 Å². The Morgan fingerprint density at radius 2 is 0.816 bits per heavy atom. The molecule has 1 N–H and O–H groups in total. The molecule has 0 aliphatic heterocycles. The average molecular weight is 741 g/mol. The monoisotopic (exact) mass is 741 g/mol. The molecule has 0 radical (unpaired) electrons. The molecule has 1 rings (SSSR count). The first kappa shape index (κ1) is 78.3. The maximum absolute atomic E-state index is 10.8. The summed E-state index contributed by atoms with van der Waals surface area (Å²) in [5.41, 5.74) is 0.500. The molecular formula is C44H107F3OS. The van der Waals surface area contributed by atoms with Crippen molar-refractivity contribution >= 4 is 11.8 Å². The summed E-state index contributed by atoms with van der Waals surface area (Å²) in [5, 5.41) is 8.06. The minimum Gasteiger partial charge on any atom is -0.394 e. The van der Waals surface area contributed by atoms with E-state index >= 15 is 0 Å². The third-order valence-corrected chi connectivity index (χ3v) is 5.03. The fraction of sp³-hybridized carbons (Fsp3) is 1.00. The van der Waals surface area contributed by atoms with E-state index in [1.807, 2.05) is 25.6 Å². The highest BCUT2D eigenvalue weighted by molar-refractivity contribution is 7.98. The SMILES string of the molecule is C.CC.CC(C)(C)C.CC(C)C.CC(C)O.CCC.CCC(C)C.CCC(C)C.CCC(F)(F)F.CCC1CC1.CCCC.CCCSC. The molecule has 0 aromatic rings. The molecule has 1 aliphatic carbocycles. The highest BCUT2D eigenvalue weighted by Gasteiger charge is 2.22. The van der Waals surface area contributed by atoms with E-state index in [0.717, 1.165) is 30.6 Å². The molecule has 1 fully saturated rings. The molecule has 0 saturated heterocycles. The normalized spacial score (nSPS) is 10.5. The van der Waals surface area contributed by atoms with E-state index in [2.05, 4.69) is 138 Å². The largest absolute Gasteiger partial charge is 0.394 e. The average Bonchev–Trinajstić information content (AvgIpc) is 3.80. The molecular weight excluding hydrogens is 634 g/mol. The Bertz CT molecular complexity index is 379. The second-order valence-corrected chi connectivity index (χ2v) is 15.9. The van der Waals surface area contributed by atoms with Gasteiger partial charge in [-0.25, -0.2) is 0 Å². The zero-order valence-corrected chi connectivity index (χ0v) is 39.5. The molecule has 0 amide bonds. The number of aliphatic hydroxyl groups is 1. The number of aliphatic hydroxyl groups excluding tert-OH is 1. The highest BCUT2D eigenvalue weighted by atomic mass is 32.2. The molecule has 0 unspecified atom stereocenters. The number of hydrogen-bond donors (Lipinski definition) is 1. The van der Waals surface area contributed by atoms with E-state index < -0.39 is 12.6 Å². The van der Waals surface area contributed by atoms with Crippen molar-refractivity contribution in [3.8, 4) is 0 Å². The van der Waals surface area contributed by atoms with Crippen LogP contribution in [0.5, 0.6) is 0 Å². The van der Waals surface area contributed by atoms with Crippen molar-refractivity contribution in [2.24, 2.45) is 29.1 Å². The Labute approximate surface area is 320 Å². The molecule has 0 heterocycles. The molecule has 0 aromatic carbocycles. The summed E-state index contributed by atoms with van der Waals surface area (Å²) in [4.78, 5) is 0. The number of hydrogen-bond acceptors (Lipinski definition) is 2. The molecule has 316 valence electrons. The smallest absolute Gasteiger partial charge is 0.388 e. The van der Waals surface area contributed by atoms with E-state index in [4.69, 9.17) is 5.11 Å². The van der Waals surface area contributed by atoms with Crippen molar-refractivity contribution in [1.82, 2.24) is 0 Å². The topological polar surface area (TPSA) is 20.2 Å². The first-order valence-electron chi connectivity index (χ1n) is 20.0. The number of unbranched alkanes of at least 4 members (excludes halogenated alkanes) is 1. The molecule has 5 heteroatoms. The van der Waals surface area contributed by atoms with Crippen LogP contribution in [0.15, 0.2) is 0 Å². The third-order valence-electron chi connectivity index (χ3n) is 4.22. The maximum Gasteiger partial charge on any atom is 0.388 e. The second kappa shape index (κ2) is 69.8. The Morgan fingerprint density at radius 3 is 0.816 bits per heavy atom. The minimum absolute atomic E-state index is 0. The van der Waals surface area contributed by atoms with Gasteiger partial charge in [-0.3, -0.25) is 0 Å². The number of halogens is 3. The van der Waals surface area contributed by atoms with Crippen LogP contribution in [0.25, 0.3) is 0 Å². The maximum atomic E-state index is 10.8. The predicted octanol–water partition coefficient (Wildman–Crippen LogP) is 18.6.